The van der Waals surface area contributed by atoms with Gasteiger partial charge >= 0.3 is 0 Å². The summed E-state index contributed by atoms with van der Waals surface area (Å²) in [6, 6.07) is 6.15. The minimum absolute atomic E-state index is 0.0796. The van der Waals surface area contributed by atoms with Crippen molar-refractivity contribution in [2.45, 2.75) is 4.90 Å². The number of nitrogens with one attached hydrogen (secondary N) is 1. The number of benzene rings is 1. The Hall–Kier alpha value is -1.15. The molecule has 0 fully saturated rings. The van der Waals surface area contributed by atoms with Gasteiger partial charge in [-0.1, -0.05) is 29.3 Å². The van der Waals surface area contributed by atoms with Crippen LogP contribution < -0.4 is 14.2 Å². The molecule has 1 heterocycles. The van der Waals surface area contributed by atoms with Crippen LogP contribution in [-0.4, -0.2) is 22.6 Å². The Balaban J connectivity index is 2.44. The van der Waals surface area contributed by atoms with E-state index in [-0.39, 0.29) is 25.0 Å². The first-order valence-electron chi connectivity index (χ1n) is 5.57. The molecule has 0 saturated carbocycles. The van der Waals surface area contributed by atoms with Crippen molar-refractivity contribution in [1.29, 1.82) is 0 Å². The predicted octanol–water partition coefficient (Wildman–Crippen LogP) is 3.87. The van der Waals surface area contributed by atoms with Crippen LogP contribution in [-0.2, 0) is 10.0 Å². The summed E-state index contributed by atoms with van der Waals surface area (Å²) in [7, 11) is -0.988. The van der Waals surface area contributed by atoms with E-state index in [1.807, 2.05) is 0 Å². The Bertz CT molecular complexity index is 759. The second kappa shape index (κ2) is 6.31. The van der Waals surface area contributed by atoms with Gasteiger partial charge in [0.1, 0.15) is 9.23 Å². The lowest BCUT2D eigenvalue weighted by molar-refractivity contribution is 0.356. The summed E-state index contributed by atoms with van der Waals surface area (Å²) < 4.78 is 37.8. The van der Waals surface area contributed by atoms with E-state index in [9.17, 15) is 8.42 Å². The molecule has 2 aromatic rings. The van der Waals surface area contributed by atoms with E-state index in [0.29, 0.717) is 5.75 Å². The van der Waals surface area contributed by atoms with E-state index < -0.39 is 10.0 Å². The molecule has 114 valence electrons. The summed E-state index contributed by atoms with van der Waals surface area (Å²) in [6.07, 6.45) is 0. The minimum Gasteiger partial charge on any atom is -0.493 e. The Labute approximate surface area is 136 Å². The van der Waals surface area contributed by atoms with E-state index in [1.54, 1.807) is 18.2 Å². The Kier molecular flexibility index (Phi) is 4.88. The second-order valence-electron chi connectivity index (χ2n) is 3.84. The van der Waals surface area contributed by atoms with Crippen LogP contribution in [0.5, 0.6) is 11.5 Å². The third kappa shape index (κ3) is 3.37. The molecule has 5 nitrogen and oxygen atoms in total. The number of hydrogen-bond donors (Lipinski definition) is 1. The fourth-order valence-corrected chi connectivity index (χ4v) is 4.89. The number of sulfonamides is 1. The number of ether oxygens (including phenoxy) is 2. The van der Waals surface area contributed by atoms with Crippen LogP contribution in [0.2, 0.25) is 8.67 Å². The molecule has 0 radical (unpaired) electrons. The van der Waals surface area contributed by atoms with Crippen molar-refractivity contribution >= 4 is 50.2 Å². The highest BCUT2D eigenvalue weighted by Crippen LogP contribution is 2.38. The second-order valence-corrected chi connectivity index (χ2v) is 7.77. The number of anilines is 1. The lowest BCUT2D eigenvalue weighted by Gasteiger charge is -2.14. The van der Waals surface area contributed by atoms with Crippen LogP contribution in [0.1, 0.15) is 0 Å². The highest BCUT2D eigenvalue weighted by atomic mass is 35.5. The van der Waals surface area contributed by atoms with Crippen molar-refractivity contribution in [3.8, 4) is 11.5 Å². The van der Waals surface area contributed by atoms with Gasteiger partial charge in [0, 0.05) is 0 Å². The number of para-hydroxylation sites is 1. The maximum absolute atomic E-state index is 12.4. The zero-order chi connectivity index (χ0) is 15.6. The van der Waals surface area contributed by atoms with E-state index in [0.717, 1.165) is 11.3 Å². The van der Waals surface area contributed by atoms with Crippen molar-refractivity contribution in [2.24, 2.45) is 0 Å². The smallest absolute Gasteiger partial charge is 0.264 e. The van der Waals surface area contributed by atoms with Crippen LogP contribution >= 0.6 is 34.5 Å². The molecule has 1 aromatic heterocycles. The van der Waals surface area contributed by atoms with Gasteiger partial charge in [0.2, 0.25) is 0 Å². The van der Waals surface area contributed by atoms with Crippen molar-refractivity contribution in [3.05, 3.63) is 32.9 Å². The molecule has 0 amide bonds. The summed E-state index contributed by atoms with van der Waals surface area (Å²) in [5, 5.41) is 0. The van der Waals surface area contributed by atoms with Crippen LogP contribution in [0, 0.1) is 0 Å². The number of hydrogen-bond acceptors (Lipinski definition) is 5. The molecule has 1 aromatic carbocycles. The standard InChI is InChI=1S/C12H11Cl2NO4S2/c1-18-8-5-3-4-7(11(8)19-2)15-21(16,17)9-6-10(13)20-12(9)14/h3-6,15H,1-2H3. The third-order valence-electron chi connectivity index (χ3n) is 2.56. The average molecular weight is 368 g/mol. The molecular weight excluding hydrogens is 357 g/mol. The van der Waals surface area contributed by atoms with Gasteiger partial charge in [-0.3, -0.25) is 4.72 Å². The summed E-state index contributed by atoms with van der Waals surface area (Å²) in [4.78, 5) is -0.0796. The summed E-state index contributed by atoms with van der Waals surface area (Å²) in [5.74, 6) is 0.688. The van der Waals surface area contributed by atoms with Gasteiger partial charge in [-0.25, -0.2) is 8.42 Å². The first kappa shape index (κ1) is 16.2. The topological polar surface area (TPSA) is 64.6 Å². The Morgan fingerprint density at radius 1 is 1.19 bits per heavy atom. The van der Waals surface area contributed by atoms with Crippen molar-refractivity contribution in [1.82, 2.24) is 0 Å². The van der Waals surface area contributed by atoms with E-state index in [2.05, 4.69) is 4.72 Å². The zero-order valence-electron chi connectivity index (χ0n) is 11.0. The zero-order valence-corrected chi connectivity index (χ0v) is 14.2. The largest absolute Gasteiger partial charge is 0.493 e. The van der Waals surface area contributed by atoms with Gasteiger partial charge in [-0.05, 0) is 18.2 Å². The number of methoxy groups -OCH3 is 2. The van der Waals surface area contributed by atoms with Gasteiger partial charge in [-0.15, -0.1) is 11.3 Å². The summed E-state index contributed by atoms with van der Waals surface area (Å²) >= 11 is 12.6. The molecule has 9 heteroatoms. The molecule has 2 rings (SSSR count). The van der Waals surface area contributed by atoms with Crippen molar-refractivity contribution < 1.29 is 17.9 Å². The number of thiophene rings is 1. The molecule has 0 aliphatic heterocycles. The quantitative estimate of drug-likeness (QED) is 0.870. The van der Waals surface area contributed by atoms with Crippen molar-refractivity contribution in [2.75, 3.05) is 18.9 Å². The molecule has 0 bridgehead atoms. The molecular formula is C12H11Cl2NO4S2. The average Bonchev–Trinajstić information content (AvgIpc) is 2.77. The van der Waals surface area contributed by atoms with E-state index in [4.69, 9.17) is 32.7 Å². The van der Waals surface area contributed by atoms with Gasteiger partial charge < -0.3 is 9.47 Å². The highest BCUT2D eigenvalue weighted by Gasteiger charge is 2.23. The van der Waals surface area contributed by atoms with Gasteiger partial charge in [0.15, 0.2) is 11.5 Å². The molecule has 21 heavy (non-hydrogen) atoms. The molecule has 0 saturated heterocycles. The van der Waals surface area contributed by atoms with Crippen LogP contribution in [0.3, 0.4) is 0 Å². The fourth-order valence-electron chi connectivity index (χ4n) is 1.68. The first-order chi connectivity index (χ1) is 9.89. The van der Waals surface area contributed by atoms with Gasteiger partial charge in [0.25, 0.3) is 10.0 Å². The predicted molar refractivity (Wildman–Crippen MR) is 84.7 cm³/mol. The molecule has 0 spiro atoms. The summed E-state index contributed by atoms with van der Waals surface area (Å²) in [6.45, 7) is 0. The maximum Gasteiger partial charge on any atom is 0.264 e. The van der Waals surface area contributed by atoms with Crippen LogP contribution in [0.15, 0.2) is 29.2 Å². The molecule has 0 unspecified atom stereocenters. The highest BCUT2D eigenvalue weighted by molar-refractivity contribution is 7.93. The molecule has 1 N–H and O–H groups in total. The molecule has 0 atom stereocenters. The summed E-state index contributed by atoms with van der Waals surface area (Å²) in [5.41, 5.74) is 0.246. The van der Waals surface area contributed by atoms with Crippen LogP contribution in [0.4, 0.5) is 5.69 Å². The van der Waals surface area contributed by atoms with Crippen LogP contribution in [0.25, 0.3) is 0 Å². The van der Waals surface area contributed by atoms with Gasteiger partial charge in [0.05, 0.1) is 24.2 Å². The Morgan fingerprint density at radius 3 is 2.43 bits per heavy atom. The lowest BCUT2D eigenvalue weighted by Crippen LogP contribution is -2.13. The Morgan fingerprint density at radius 2 is 1.90 bits per heavy atom. The maximum atomic E-state index is 12.4. The van der Waals surface area contributed by atoms with Gasteiger partial charge in [-0.2, -0.15) is 0 Å². The SMILES string of the molecule is COc1cccc(NS(=O)(=O)c2cc(Cl)sc2Cl)c1OC. The minimum atomic E-state index is -3.87. The molecule has 0 aliphatic rings. The van der Waals surface area contributed by atoms with Crippen molar-refractivity contribution in [3.63, 3.8) is 0 Å². The van der Waals surface area contributed by atoms with E-state index in [1.165, 1.54) is 20.3 Å². The number of halogens is 2. The first-order valence-corrected chi connectivity index (χ1v) is 8.63. The molecule has 0 aliphatic carbocycles. The third-order valence-corrected chi connectivity index (χ3v) is 5.68. The lowest BCUT2D eigenvalue weighted by atomic mass is 10.3. The van der Waals surface area contributed by atoms with E-state index >= 15 is 0 Å². The fraction of sp³-hybridized carbons (Fsp3) is 0.167. The normalized spacial score (nSPS) is 11.2. The monoisotopic (exact) mass is 367 g/mol. The number of rotatable bonds is 5.